The molecule has 3 aromatic carbocycles. The van der Waals surface area contributed by atoms with Gasteiger partial charge in [-0.05, 0) is 54.7 Å². The average Bonchev–Trinajstić information content (AvgIpc) is 2.70. The van der Waals surface area contributed by atoms with Crippen LogP contribution in [0.3, 0.4) is 0 Å². The third kappa shape index (κ3) is 4.09. The summed E-state index contributed by atoms with van der Waals surface area (Å²) in [5, 5.41) is 3.00. The summed E-state index contributed by atoms with van der Waals surface area (Å²) in [6.07, 6.45) is 1.97. The topological polar surface area (TPSA) is 29.1 Å². The lowest BCUT2D eigenvalue weighted by molar-refractivity contribution is -0.123. The summed E-state index contributed by atoms with van der Waals surface area (Å²) in [7, 11) is 0. The molecule has 0 saturated carbocycles. The fourth-order valence-corrected chi connectivity index (χ4v) is 4.52. The third-order valence-corrected chi connectivity index (χ3v) is 6.15. The second kappa shape index (κ2) is 8.01. The van der Waals surface area contributed by atoms with Crippen molar-refractivity contribution < 1.29 is 4.79 Å². The van der Waals surface area contributed by atoms with E-state index in [1.807, 2.05) is 12.1 Å². The number of hydrogen-bond donors (Lipinski definition) is 1. The monoisotopic (exact) mass is 373 g/mol. The van der Waals surface area contributed by atoms with Crippen LogP contribution in [-0.4, -0.2) is 12.5 Å². The minimum atomic E-state index is -0.0331. The van der Waals surface area contributed by atoms with Crippen molar-refractivity contribution in [2.75, 3.05) is 6.54 Å². The van der Waals surface area contributed by atoms with Gasteiger partial charge in [-0.15, -0.1) is 0 Å². The van der Waals surface area contributed by atoms with Crippen LogP contribution in [0.15, 0.2) is 82.6 Å². The molecule has 4 rings (SSSR count). The molecule has 1 N–H and O–H groups in total. The molecule has 0 radical (unpaired) electrons. The van der Waals surface area contributed by atoms with Crippen LogP contribution >= 0.6 is 11.8 Å². The van der Waals surface area contributed by atoms with Gasteiger partial charge in [0, 0.05) is 16.3 Å². The lowest BCUT2D eigenvalue weighted by atomic mass is 9.91. The molecule has 1 aliphatic heterocycles. The molecule has 1 amide bonds. The van der Waals surface area contributed by atoms with Crippen molar-refractivity contribution in [2.24, 2.45) is 0 Å². The molecule has 136 valence electrons. The molecule has 1 unspecified atom stereocenters. The molecule has 1 atom stereocenters. The molecule has 3 heteroatoms. The van der Waals surface area contributed by atoms with Crippen molar-refractivity contribution in [1.82, 2.24) is 5.32 Å². The number of amides is 1. The van der Waals surface area contributed by atoms with Gasteiger partial charge in [0.05, 0.1) is 5.92 Å². The molecule has 1 saturated heterocycles. The highest BCUT2D eigenvalue weighted by Crippen LogP contribution is 2.37. The van der Waals surface area contributed by atoms with E-state index in [0.29, 0.717) is 0 Å². The van der Waals surface area contributed by atoms with Crippen LogP contribution in [0.1, 0.15) is 29.9 Å². The molecule has 1 aliphatic rings. The number of rotatable bonds is 4. The number of aryl methyl sites for hydroxylation is 1. The first-order chi connectivity index (χ1) is 13.2. The van der Waals surface area contributed by atoms with Gasteiger partial charge in [0.1, 0.15) is 0 Å². The minimum Gasteiger partial charge on any atom is -0.356 e. The van der Waals surface area contributed by atoms with Gasteiger partial charge in [-0.2, -0.15) is 0 Å². The molecule has 1 fully saturated rings. The van der Waals surface area contributed by atoms with Crippen LogP contribution in [0.4, 0.5) is 0 Å². The summed E-state index contributed by atoms with van der Waals surface area (Å²) < 4.78 is 0. The Morgan fingerprint density at radius 1 is 0.889 bits per heavy atom. The first-order valence-electron chi connectivity index (χ1n) is 9.42. The van der Waals surface area contributed by atoms with Crippen LogP contribution in [0.2, 0.25) is 0 Å². The van der Waals surface area contributed by atoms with Gasteiger partial charge in [-0.3, -0.25) is 4.79 Å². The summed E-state index contributed by atoms with van der Waals surface area (Å²) in [4.78, 5) is 14.7. The number of hydrogen-bond acceptors (Lipinski definition) is 2. The summed E-state index contributed by atoms with van der Waals surface area (Å²) in [6, 6.07) is 25.6. The molecule has 0 aromatic heterocycles. The SMILES string of the molecule is Cc1ccc(-c2ccc(Sc3ccccc3C3CCCNC3=O)cc2)cc1. The highest BCUT2D eigenvalue weighted by atomic mass is 32.2. The Morgan fingerprint density at radius 2 is 1.56 bits per heavy atom. The van der Waals surface area contributed by atoms with Gasteiger partial charge < -0.3 is 5.32 Å². The van der Waals surface area contributed by atoms with E-state index in [2.05, 4.69) is 72.9 Å². The number of nitrogens with one attached hydrogen (secondary N) is 1. The Hall–Kier alpha value is -2.52. The van der Waals surface area contributed by atoms with Crippen molar-refractivity contribution in [1.29, 1.82) is 0 Å². The number of carbonyl (C=O) groups excluding carboxylic acids is 1. The lowest BCUT2D eigenvalue weighted by Crippen LogP contribution is -2.35. The van der Waals surface area contributed by atoms with Crippen molar-refractivity contribution >= 4 is 17.7 Å². The predicted molar refractivity (Wildman–Crippen MR) is 112 cm³/mol. The molecule has 0 spiro atoms. The minimum absolute atomic E-state index is 0.0331. The highest BCUT2D eigenvalue weighted by Gasteiger charge is 2.25. The van der Waals surface area contributed by atoms with E-state index in [0.717, 1.165) is 24.9 Å². The zero-order valence-electron chi connectivity index (χ0n) is 15.4. The average molecular weight is 374 g/mol. The summed E-state index contributed by atoms with van der Waals surface area (Å²) in [5.41, 5.74) is 4.87. The molecular weight excluding hydrogens is 350 g/mol. The second-order valence-electron chi connectivity index (χ2n) is 7.02. The van der Waals surface area contributed by atoms with Crippen molar-refractivity contribution in [2.45, 2.75) is 35.5 Å². The van der Waals surface area contributed by atoms with E-state index in [1.165, 1.54) is 26.5 Å². The van der Waals surface area contributed by atoms with Gasteiger partial charge in [0.25, 0.3) is 0 Å². The van der Waals surface area contributed by atoms with Gasteiger partial charge >= 0.3 is 0 Å². The number of carbonyl (C=O) groups is 1. The Morgan fingerprint density at radius 3 is 2.26 bits per heavy atom. The van der Waals surface area contributed by atoms with Crippen LogP contribution in [-0.2, 0) is 4.79 Å². The molecule has 1 heterocycles. The van der Waals surface area contributed by atoms with Gasteiger partial charge in [0.2, 0.25) is 5.91 Å². The molecule has 2 nitrogen and oxygen atoms in total. The maximum atomic E-state index is 12.3. The summed E-state index contributed by atoms with van der Waals surface area (Å²) in [5.74, 6) is 0.123. The third-order valence-electron chi connectivity index (χ3n) is 5.05. The first kappa shape index (κ1) is 17.9. The van der Waals surface area contributed by atoms with E-state index in [1.54, 1.807) is 11.8 Å². The van der Waals surface area contributed by atoms with Gasteiger partial charge in [-0.25, -0.2) is 0 Å². The van der Waals surface area contributed by atoms with Crippen molar-refractivity contribution in [3.8, 4) is 11.1 Å². The zero-order valence-corrected chi connectivity index (χ0v) is 16.3. The van der Waals surface area contributed by atoms with E-state index < -0.39 is 0 Å². The summed E-state index contributed by atoms with van der Waals surface area (Å²) >= 11 is 1.74. The Balaban J connectivity index is 1.56. The van der Waals surface area contributed by atoms with Gasteiger partial charge in [0.15, 0.2) is 0 Å². The van der Waals surface area contributed by atoms with Crippen LogP contribution in [0.5, 0.6) is 0 Å². The molecule has 0 bridgehead atoms. The largest absolute Gasteiger partial charge is 0.356 e. The quantitative estimate of drug-likeness (QED) is 0.625. The van der Waals surface area contributed by atoms with E-state index in [-0.39, 0.29) is 11.8 Å². The molecule has 0 aliphatic carbocycles. The zero-order chi connectivity index (χ0) is 18.6. The van der Waals surface area contributed by atoms with E-state index in [9.17, 15) is 4.79 Å². The second-order valence-corrected chi connectivity index (χ2v) is 8.13. The van der Waals surface area contributed by atoms with Crippen LogP contribution in [0.25, 0.3) is 11.1 Å². The maximum absolute atomic E-state index is 12.3. The van der Waals surface area contributed by atoms with E-state index >= 15 is 0 Å². The van der Waals surface area contributed by atoms with Crippen LogP contribution in [0, 0.1) is 6.92 Å². The normalized spacial score (nSPS) is 16.8. The fourth-order valence-electron chi connectivity index (χ4n) is 3.52. The number of piperidine rings is 1. The van der Waals surface area contributed by atoms with Crippen LogP contribution < -0.4 is 5.32 Å². The smallest absolute Gasteiger partial charge is 0.227 e. The maximum Gasteiger partial charge on any atom is 0.227 e. The molecular formula is C24H23NOS. The Labute approximate surface area is 165 Å². The van der Waals surface area contributed by atoms with Gasteiger partial charge in [-0.1, -0.05) is 71.9 Å². The first-order valence-corrected chi connectivity index (χ1v) is 10.2. The predicted octanol–water partition coefficient (Wildman–Crippen LogP) is 5.81. The van der Waals surface area contributed by atoms with E-state index in [4.69, 9.17) is 0 Å². The molecule has 27 heavy (non-hydrogen) atoms. The fraction of sp³-hybridized carbons (Fsp3) is 0.208. The summed E-state index contributed by atoms with van der Waals surface area (Å²) in [6.45, 7) is 2.90. The lowest BCUT2D eigenvalue weighted by Gasteiger charge is -2.24. The van der Waals surface area contributed by atoms with Crippen molar-refractivity contribution in [3.63, 3.8) is 0 Å². The standard InChI is InChI=1S/C24H23NOS/c1-17-8-10-18(11-9-17)19-12-14-20(15-13-19)27-23-7-3-2-5-21(23)22-6-4-16-25-24(22)26/h2-3,5,7-15,22H,4,6,16H2,1H3,(H,25,26). The number of benzene rings is 3. The highest BCUT2D eigenvalue weighted by molar-refractivity contribution is 7.99. The Kier molecular flexibility index (Phi) is 5.30. The Bertz CT molecular complexity index is 931. The molecule has 3 aromatic rings. The van der Waals surface area contributed by atoms with Crippen molar-refractivity contribution in [3.05, 3.63) is 83.9 Å².